The summed E-state index contributed by atoms with van der Waals surface area (Å²) in [6, 6.07) is 0.881. The molecular weight excluding hydrogens is 268 g/mol. The van der Waals surface area contributed by atoms with E-state index in [1.807, 2.05) is 13.8 Å². The zero-order valence-electron chi connectivity index (χ0n) is 13.4. The van der Waals surface area contributed by atoms with Crippen LogP contribution in [0.1, 0.15) is 33.1 Å². The van der Waals surface area contributed by atoms with E-state index in [4.69, 9.17) is 4.74 Å². The number of nitrogens with one attached hydrogen (secondary N) is 2. The summed E-state index contributed by atoms with van der Waals surface area (Å²) >= 11 is 0. The topological polar surface area (TPSA) is 75.2 Å². The predicted molar refractivity (Wildman–Crippen MR) is 83.9 cm³/mol. The second kappa shape index (κ2) is 7.40. The quantitative estimate of drug-likeness (QED) is 0.825. The summed E-state index contributed by atoms with van der Waals surface area (Å²) in [6.07, 6.45) is 3.82. The van der Waals surface area contributed by atoms with Crippen LogP contribution in [-0.2, 0) is 0 Å². The van der Waals surface area contributed by atoms with Crippen molar-refractivity contribution < 1.29 is 4.74 Å². The second-order valence-corrected chi connectivity index (χ2v) is 5.69. The maximum Gasteiger partial charge on any atom is 0.323 e. The van der Waals surface area contributed by atoms with Crippen molar-refractivity contribution in [1.29, 1.82) is 0 Å². The van der Waals surface area contributed by atoms with Gasteiger partial charge in [0.2, 0.25) is 11.9 Å². The molecule has 1 fully saturated rings. The highest BCUT2D eigenvalue weighted by molar-refractivity contribution is 5.35. The van der Waals surface area contributed by atoms with Gasteiger partial charge in [0.1, 0.15) is 0 Å². The molecule has 0 bridgehead atoms. The lowest BCUT2D eigenvalue weighted by Gasteiger charge is -2.32. The first-order chi connectivity index (χ1) is 10.1. The molecule has 2 heterocycles. The van der Waals surface area contributed by atoms with E-state index in [-0.39, 0.29) is 6.10 Å². The minimum absolute atomic E-state index is 0.0365. The van der Waals surface area contributed by atoms with Crippen molar-refractivity contribution in [1.82, 2.24) is 19.9 Å². The summed E-state index contributed by atoms with van der Waals surface area (Å²) in [5, 5.41) is 6.24. The Kier molecular flexibility index (Phi) is 5.55. The average Bonchev–Trinajstić information content (AvgIpc) is 2.45. The molecule has 0 saturated carbocycles. The maximum atomic E-state index is 5.56. The average molecular weight is 294 g/mol. The molecule has 21 heavy (non-hydrogen) atoms. The van der Waals surface area contributed by atoms with Crippen LogP contribution in [0.15, 0.2) is 0 Å². The van der Waals surface area contributed by atoms with Gasteiger partial charge in [0, 0.05) is 19.6 Å². The third kappa shape index (κ3) is 4.70. The maximum absolute atomic E-state index is 5.56. The molecule has 0 spiro atoms. The Labute approximate surface area is 126 Å². The zero-order valence-corrected chi connectivity index (χ0v) is 13.4. The van der Waals surface area contributed by atoms with Gasteiger partial charge in [-0.15, -0.1) is 0 Å². The summed E-state index contributed by atoms with van der Waals surface area (Å²) in [7, 11) is 3.96. The Morgan fingerprint density at radius 3 is 2.67 bits per heavy atom. The number of aromatic nitrogens is 3. The molecule has 1 atom stereocenters. The van der Waals surface area contributed by atoms with Crippen LogP contribution < -0.4 is 15.4 Å². The van der Waals surface area contributed by atoms with Crippen molar-refractivity contribution in [2.75, 3.05) is 37.8 Å². The van der Waals surface area contributed by atoms with Gasteiger partial charge in [-0.1, -0.05) is 6.42 Å². The molecule has 1 aromatic rings. The molecule has 0 aromatic carbocycles. The lowest BCUT2D eigenvalue weighted by Crippen LogP contribution is -2.41. The van der Waals surface area contributed by atoms with Gasteiger partial charge in [0.15, 0.2) is 0 Å². The Hall–Kier alpha value is -1.63. The van der Waals surface area contributed by atoms with E-state index < -0.39 is 0 Å². The summed E-state index contributed by atoms with van der Waals surface area (Å²) in [5.41, 5.74) is 0. The molecule has 1 aliphatic rings. The zero-order chi connectivity index (χ0) is 15.2. The molecule has 1 aromatic heterocycles. The van der Waals surface area contributed by atoms with Crippen molar-refractivity contribution in [2.24, 2.45) is 0 Å². The molecular formula is C14H26N6O. The Morgan fingerprint density at radius 1 is 1.24 bits per heavy atom. The molecule has 1 unspecified atom stereocenters. The Bertz CT molecular complexity index is 453. The van der Waals surface area contributed by atoms with E-state index in [9.17, 15) is 0 Å². The number of anilines is 2. The summed E-state index contributed by atoms with van der Waals surface area (Å²) in [6.45, 7) is 5.90. The number of hydrogen-bond donors (Lipinski definition) is 2. The minimum Gasteiger partial charge on any atom is -0.461 e. The fourth-order valence-electron chi connectivity index (χ4n) is 2.42. The van der Waals surface area contributed by atoms with Crippen LogP contribution in [0.2, 0.25) is 0 Å². The highest BCUT2D eigenvalue weighted by atomic mass is 16.5. The number of ether oxygens (including phenoxy) is 1. The monoisotopic (exact) mass is 294 g/mol. The van der Waals surface area contributed by atoms with E-state index >= 15 is 0 Å². The van der Waals surface area contributed by atoms with Gasteiger partial charge in [-0.3, -0.25) is 0 Å². The molecule has 2 rings (SSSR count). The van der Waals surface area contributed by atoms with Crippen LogP contribution in [0.3, 0.4) is 0 Å². The first kappa shape index (κ1) is 15.8. The molecule has 0 radical (unpaired) electrons. The SMILES string of the molecule is CNc1nc(NCC2CCCCN2C)nc(OC(C)C)n1. The smallest absolute Gasteiger partial charge is 0.323 e. The third-order valence-electron chi connectivity index (χ3n) is 3.60. The van der Waals surface area contributed by atoms with Crippen LogP contribution >= 0.6 is 0 Å². The number of likely N-dealkylation sites (N-methyl/N-ethyl adjacent to an activating group) is 1. The first-order valence-corrected chi connectivity index (χ1v) is 7.63. The molecule has 2 N–H and O–H groups in total. The molecule has 1 aliphatic heterocycles. The summed E-state index contributed by atoms with van der Waals surface area (Å²) < 4.78 is 5.56. The molecule has 0 amide bonds. The fraction of sp³-hybridized carbons (Fsp3) is 0.786. The normalized spacial score (nSPS) is 19.6. The van der Waals surface area contributed by atoms with Crippen molar-refractivity contribution >= 4 is 11.9 Å². The highest BCUT2D eigenvalue weighted by Gasteiger charge is 2.19. The molecule has 118 valence electrons. The summed E-state index contributed by atoms with van der Waals surface area (Å²) in [4.78, 5) is 15.2. The first-order valence-electron chi connectivity index (χ1n) is 7.63. The van der Waals surface area contributed by atoms with E-state index in [1.54, 1.807) is 7.05 Å². The van der Waals surface area contributed by atoms with Crippen molar-refractivity contribution in [2.45, 2.75) is 45.3 Å². The largest absolute Gasteiger partial charge is 0.461 e. The van der Waals surface area contributed by atoms with Crippen molar-refractivity contribution in [3.63, 3.8) is 0 Å². The van der Waals surface area contributed by atoms with Gasteiger partial charge in [-0.25, -0.2) is 0 Å². The standard InChI is InChI=1S/C14H26N6O/c1-10(2)21-14-18-12(15-3)17-13(19-14)16-9-11-7-5-6-8-20(11)4/h10-11H,5-9H2,1-4H3,(H2,15,16,17,18,19). The van der Waals surface area contributed by atoms with E-state index in [0.29, 0.717) is 23.9 Å². The number of nitrogens with zero attached hydrogens (tertiary/aromatic N) is 4. The molecule has 7 nitrogen and oxygen atoms in total. The number of rotatable bonds is 6. The Morgan fingerprint density at radius 2 is 2.00 bits per heavy atom. The van der Waals surface area contributed by atoms with Gasteiger partial charge in [-0.05, 0) is 40.3 Å². The van der Waals surface area contributed by atoms with Crippen molar-refractivity contribution in [3.05, 3.63) is 0 Å². The van der Waals surface area contributed by atoms with Crippen molar-refractivity contribution in [3.8, 4) is 6.01 Å². The van der Waals surface area contributed by atoms with E-state index in [2.05, 4.69) is 37.5 Å². The van der Waals surface area contributed by atoms with Crippen LogP contribution in [0, 0.1) is 0 Å². The number of hydrogen-bond acceptors (Lipinski definition) is 7. The van der Waals surface area contributed by atoms with E-state index in [1.165, 1.54) is 19.3 Å². The lowest BCUT2D eigenvalue weighted by molar-refractivity contribution is 0.194. The lowest BCUT2D eigenvalue weighted by atomic mass is 10.0. The molecule has 0 aliphatic carbocycles. The molecule has 7 heteroatoms. The van der Waals surface area contributed by atoms with Crippen LogP contribution in [0.25, 0.3) is 0 Å². The van der Waals surface area contributed by atoms with Gasteiger partial charge < -0.3 is 20.3 Å². The van der Waals surface area contributed by atoms with Gasteiger partial charge in [0.25, 0.3) is 0 Å². The Balaban J connectivity index is 2.00. The predicted octanol–water partition coefficient (Wildman–Crippen LogP) is 1.60. The number of piperidine rings is 1. The fourth-order valence-corrected chi connectivity index (χ4v) is 2.42. The van der Waals surface area contributed by atoms with Gasteiger partial charge in [-0.2, -0.15) is 15.0 Å². The highest BCUT2D eigenvalue weighted by Crippen LogP contribution is 2.16. The van der Waals surface area contributed by atoms with Gasteiger partial charge >= 0.3 is 6.01 Å². The van der Waals surface area contributed by atoms with Crippen LogP contribution in [0.4, 0.5) is 11.9 Å². The van der Waals surface area contributed by atoms with Crippen LogP contribution in [0.5, 0.6) is 6.01 Å². The summed E-state index contributed by atoms with van der Waals surface area (Å²) in [5.74, 6) is 1.07. The minimum atomic E-state index is 0.0365. The third-order valence-corrected chi connectivity index (χ3v) is 3.60. The number of likely N-dealkylation sites (tertiary alicyclic amines) is 1. The van der Waals surface area contributed by atoms with Gasteiger partial charge in [0.05, 0.1) is 6.10 Å². The molecule has 1 saturated heterocycles. The second-order valence-electron chi connectivity index (χ2n) is 5.69. The van der Waals surface area contributed by atoms with E-state index in [0.717, 1.165) is 13.1 Å². The van der Waals surface area contributed by atoms with Crippen LogP contribution in [-0.4, -0.2) is 59.2 Å².